The lowest BCUT2D eigenvalue weighted by atomic mass is 9.84. The van der Waals surface area contributed by atoms with Crippen LogP contribution >= 0.6 is 31.9 Å². The molecule has 0 unspecified atom stereocenters. The van der Waals surface area contributed by atoms with Gasteiger partial charge >= 0.3 is 0 Å². The van der Waals surface area contributed by atoms with Crippen molar-refractivity contribution >= 4 is 31.9 Å². The second kappa shape index (κ2) is 5.67. The topological polar surface area (TPSA) is 17.8 Å². The van der Waals surface area contributed by atoms with Crippen LogP contribution in [0.5, 0.6) is 0 Å². The summed E-state index contributed by atoms with van der Waals surface area (Å²) >= 11 is 7.23. The van der Waals surface area contributed by atoms with Gasteiger partial charge in [0.25, 0.3) is 0 Å². The molecule has 0 fully saturated rings. The van der Waals surface area contributed by atoms with Gasteiger partial charge in [-0.15, -0.1) is 0 Å². The highest BCUT2D eigenvalue weighted by molar-refractivity contribution is 9.10. The van der Waals surface area contributed by atoms with Crippen molar-refractivity contribution in [1.82, 2.24) is 9.78 Å². The maximum Gasteiger partial charge on any atom is 0.0738 e. The summed E-state index contributed by atoms with van der Waals surface area (Å²) in [5.74, 6) is 0. The molecule has 0 aliphatic rings. The SMILES string of the molecule is CCC(CC)(CBr)Cn1nc(C)c(Br)c1C. The first-order valence-electron chi connectivity index (χ1n) is 5.75. The van der Waals surface area contributed by atoms with E-state index in [2.05, 4.69) is 62.4 Å². The van der Waals surface area contributed by atoms with Crippen LogP contribution in [-0.2, 0) is 6.54 Å². The molecule has 0 atom stereocenters. The molecule has 4 heteroatoms. The number of hydrogen-bond donors (Lipinski definition) is 0. The van der Waals surface area contributed by atoms with Crippen LogP contribution in [-0.4, -0.2) is 15.1 Å². The summed E-state index contributed by atoms with van der Waals surface area (Å²) in [7, 11) is 0. The molecule has 0 spiro atoms. The normalized spacial score (nSPS) is 12.1. The molecule has 1 aromatic rings. The highest BCUT2D eigenvalue weighted by Gasteiger charge is 2.27. The van der Waals surface area contributed by atoms with Crippen molar-refractivity contribution in [3.8, 4) is 0 Å². The molecule has 16 heavy (non-hydrogen) atoms. The molecule has 0 aromatic carbocycles. The Hall–Kier alpha value is 0.170. The summed E-state index contributed by atoms with van der Waals surface area (Å²) in [6.45, 7) is 9.66. The van der Waals surface area contributed by atoms with E-state index in [1.807, 2.05) is 6.92 Å². The smallest absolute Gasteiger partial charge is 0.0738 e. The largest absolute Gasteiger partial charge is 0.268 e. The van der Waals surface area contributed by atoms with Crippen LogP contribution in [0.2, 0.25) is 0 Å². The Morgan fingerprint density at radius 3 is 2.12 bits per heavy atom. The van der Waals surface area contributed by atoms with Gasteiger partial charge in [0.15, 0.2) is 0 Å². The van der Waals surface area contributed by atoms with Crippen molar-refractivity contribution in [1.29, 1.82) is 0 Å². The summed E-state index contributed by atoms with van der Waals surface area (Å²) in [6.07, 6.45) is 2.34. The zero-order chi connectivity index (χ0) is 12.3. The number of rotatable bonds is 5. The van der Waals surface area contributed by atoms with E-state index >= 15 is 0 Å². The van der Waals surface area contributed by atoms with Crippen LogP contribution in [0.15, 0.2) is 4.47 Å². The molecule has 0 amide bonds. The van der Waals surface area contributed by atoms with E-state index in [1.165, 1.54) is 18.5 Å². The molecule has 0 N–H and O–H groups in total. The van der Waals surface area contributed by atoms with E-state index in [4.69, 9.17) is 0 Å². The lowest BCUT2D eigenvalue weighted by Gasteiger charge is -2.29. The highest BCUT2D eigenvalue weighted by Crippen LogP contribution is 2.32. The van der Waals surface area contributed by atoms with Gasteiger partial charge in [0.05, 0.1) is 10.2 Å². The molecule has 0 saturated heterocycles. The molecule has 1 aromatic heterocycles. The first-order chi connectivity index (χ1) is 7.49. The molecule has 0 aliphatic carbocycles. The lowest BCUT2D eigenvalue weighted by Crippen LogP contribution is -2.28. The lowest BCUT2D eigenvalue weighted by molar-refractivity contribution is 0.245. The highest BCUT2D eigenvalue weighted by atomic mass is 79.9. The minimum absolute atomic E-state index is 0.322. The van der Waals surface area contributed by atoms with Crippen molar-refractivity contribution < 1.29 is 0 Å². The third-order valence-corrected chi connectivity index (χ3v) is 5.90. The molecule has 0 radical (unpaired) electrons. The van der Waals surface area contributed by atoms with Crippen LogP contribution in [0, 0.1) is 19.3 Å². The van der Waals surface area contributed by atoms with Crippen LogP contribution in [0.4, 0.5) is 0 Å². The molecular weight excluding hydrogens is 332 g/mol. The van der Waals surface area contributed by atoms with Crippen molar-refractivity contribution in [3.05, 3.63) is 15.9 Å². The predicted molar refractivity (Wildman–Crippen MR) is 76.2 cm³/mol. The van der Waals surface area contributed by atoms with Gasteiger partial charge in [-0.05, 0) is 48.0 Å². The summed E-state index contributed by atoms with van der Waals surface area (Å²) in [5, 5.41) is 5.62. The van der Waals surface area contributed by atoms with Gasteiger partial charge in [-0.25, -0.2) is 0 Å². The third-order valence-electron chi connectivity index (χ3n) is 3.56. The Morgan fingerprint density at radius 2 is 1.81 bits per heavy atom. The quantitative estimate of drug-likeness (QED) is 0.716. The Balaban J connectivity index is 2.98. The fraction of sp³-hybridized carbons (Fsp3) is 0.750. The predicted octanol–water partition coefficient (Wildman–Crippen LogP) is 4.46. The minimum Gasteiger partial charge on any atom is -0.268 e. The average molecular weight is 352 g/mol. The van der Waals surface area contributed by atoms with Gasteiger partial charge in [-0.3, -0.25) is 4.68 Å². The summed E-state index contributed by atoms with van der Waals surface area (Å²) in [4.78, 5) is 0. The molecule has 0 saturated carbocycles. The van der Waals surface area contributed by atoms with E-state index in [0.717, 1.165) is 22.0 Å². The van der Waals surface area contributed by atoms with E-state index in [1.54, 1.807) is 0 Å². The zero-order valence-corrected chi connectivity index (χ0v) is 13.7. The fourth-order valence-corrected chi connectivity index (χ4v) is 3.11. The average Bonchev–Trinajstić information content (AvgIpc) is 2.54. The fourth-order valence-electron chi connectivity index (χ4n) is 1.85. The number of aromatic nitrogens is 2. The Kier molecular flexibility index (Phi) is 5.05. The minimum atomic E-state index is 0.322. The van der Waals surface area contributed by atoms with Crippen molar-refractivity contribution in [2.24, 2.45) is 5.41 Å². The Labute approximate surface area is 115 Å². The maximum atomic E-state index is 4.59. The third kappa shape index (κ3) is 2.70. The van der Waals surface area contributed by atoms with Crippen molar-refractivity contribution in [2.45, 2.75) is 47.1 Å². The Morgan fingerprint density at radius 1 is 1.25 bits per heavy atom. The second-order valence-corrected chi connectivity index (χ2v) is 5.84. The van der Waals surface area contributed by atoms with Gasteiger partial charge in [-0.1, -0.05) is 29.8 Å². The van der Waals surface area contributed by atoms with Crippen LogP contribution < -0.4 is 0 Å². The van der Waals surface area contributed by atoms with Crippen LogP contribution in [0.1, 0.15) is 38.1 Å². The van der Waals surface area contributed by atoms with E-state index in [0.29, 0.717) is 5.41 Å². The standard InChI is InChI=1S/C12H20Br2N2/c1-5-12(6-2,7-13)8-16-10(4)11(14)9(3)15-16/h5-8H2,1-4H3. The molecule has 0 bridgehead atoms. The number of alkyl halides is 1. The first kappa shape index (κ1) is 14.2. The van der Waals surface area contributed by atoms with Crippen molar-refractivity contribution in [2.75, 3.05) is 5.33 Å². The summed E-state index contributed by atoms with van der Waals surface area (Å²) < 4.78 is 3.27. The molecule has 92 valence electrons. The van der Waals surface area contributed by atoms with Gasteiger partial charge < -0.3 is 0 Å². The maximum absolute atomic E-state index is 4.59. The summed E-state index contributed by atoms with van der Waals surface area (Å²) in [5.41, 5.74) is 2.63. The van der Waals surface area contributed by atoms with Crippen LogP contribution in [0.25, 0.3) is 0 Å². The number of halogens is 2. The summed E-state index contributed by atoms with van der Waals surface area (Å²) in [6, 6.07) is 0. The van der Waals surface area contributed by atoms with E-state index in [9.17, 15) is 0 Å². The molecular formula is C12H20Br2N2. The molecule has 1 heterocycles. The van der Waals surface area contributed by atoms with E-state index < -0.39 is 0 Å². The van der Waals surface area contributed by atoms with E-state index in [-0.39, 0.29) is 0 Å². The second-order valence-electron chi connectivity index (χ2n) is 4.48. The first-order valence-corrected chi connectivity index (χ1v) is 7.66. The molecule has 2 nitrogen and oxygen atoms in total. The monoisotopic (exact) mass is 350 g/mol. The van der Waals surface area contributed by atoms with Crippen LogP contribution in [0.3, 0.4) is 0 Å². The van der Waals surface area contributed by atoms with Gasteiger partial charge in [0.2, 0.25) is 0 Å². The molecule has 0 aliphatic heterocycles. The van der Waals surface area contributed by atoms with Gasteiger partial charge in [0, 0.05) is 17.6 Å². The number of nitrogens with zero attached hydrogens (tertiary/aromatic N) is 2. The van der Waals surface area contributed by atoms with Gasteiger partial charge in [0.1, 0.15) is 0 Å². The number of hydrogen-bond acceptors (Lipinski definition) is 1. The number of aryl methyl sites for hydroxylation is 1. The molecule has 1 rings (SSSR count). The van der Waals surface area contributed by atoms with Crippen molar-refractivity contribution in [3.63, 3.8) is 0 Å². The zero-order valence-electron chi connectivity index (χ0n) is 10.5. The Bertz CT molecular complexity index is 346. The van der Waals surface area contributed by atoms with Gasteiger partial charge in [-0.2, -0.15) is 5.10 Å².